The maximum Gasteiger partial charge on any atom is 0.414 e. The molecule has 2 aromatic heterocycles. The molecule has 43 heavy (non-hydrogen) atoms. The number of para-hydroxylation sites is 1. The van der Waals surface area contributed by atoms with Gasteiger partial charge in [0.05, 0.1) is 35.9 Å². The third-order valence-electron chi connectivity index (χ3n) is 6.78. The summed E-state index contributed by atoms with van der Waals surface area (Å²) in [5, 5.41) is 4.19. The predicted octanol–water partition coefficient (Wildman–Crippen LogP) is 5.34. The Bertz CT molecular complexity index is 1750. The lowest BCUT2D eigenvalue weighted by atomic mass is 10.0. The Hall–Kier alpha value is -5.40. The van der Waals surface area contributed by atoms with Gasteiger partial charge in [-0.15, -0.1) is 0 Å². The standard InChI is InChI=1S/C29H21F4N5O5/c30-20-2-1-3-21(31)27(20)43-25-5-4-18(12-35-25)38-28(34)19(13-36-38)26(39)17-8-15-10-22(37-6-7-41-29(37)40)23(11-16(15)9-17)42-14-24(32)33/h1-5,9-13,24H,6-8,14,34H2. The van der Waals surface area contributed by atoms with Gasteiger partial charge in [-0.25, -0.2) is 32.0 Å². The maximum atomic E-state index is 13.9. The monoisotopic (exact) mass is 595 g/mol. The highest BCUT2D eigenvalue weighted by Crippen LogP contribution is 2.39. The number of cyclic esters (lactones) is 1. The smallest absolute Gasteiger partial charge is 0.414 e. The van der Waals surface area contributed by atoms with Crippen LogP contribution < -0.4 is 20.1 Å². The summed E-state index contributed by atoms with van der Waals surface area (Å²) < 4.78 is 70.4. The molecule has 2 aromatic carbocycles. The van der Waals surface area contributed by atoms with Gasteiger partial charge in [0.2, 0.25) is 11.6 Å². The Kier molecular flexibility index (Phi) is 7.17. The number of pyridine rings is 1. The van der Waals surface area contributed by atoms with E-state index in [0.717, 1.165) is 12.1 Å². The highest BCUT2D eigenvalue weighted by molar-refractivity contribution is 6.15. The number of hydrogen-bond acceptors (Lipinski definition) is 8. The zero-order chi connectivity index (χ0) is 30.2. The van der Waals surface area contributed by atoms with Crippen molar-refractivity contribution < 1.29 is 41.4 Å². The van der Waals surface area contributed by atoms with Gasteiger partial charge in [0.25, 0.3) is 6.43 Å². The van der Waals surface area contributed by atoms with E-state index >= 15 is 0 Å². The average Bonchev–Trinajstić information content (AvgIpc) is 3.71. The van der Waals surface area contributed by atoms with Crippen molar-refractivity contribution in [1.82, 2.24) is 14.8 Å². The summed E-state index contributed by atoms with van der Waals surface area (Å²) in [5.74, 6) is -2.80. The summed E-state index contributed by atoms with van der Waals surface area (Å²) in [7, 11) is 0. The number of carbonyl (C=O) groups excluding carboxylic acids is 2. The number of anilines is 2. The lowest BCUT2D eigenvalue weighted by Crippen LogP contribution is -2.24. The highest BCUT2D eigenvalue weighted by Gasteiger charge is 2.30. The SMILES string of the molecule is Nc1c(C(=O)C2=Cc3cc(OCC(F)F)c(N4CCOC4=O)cc3C2)cnn1-c1ccc(Oc2c(F)cccc2F)nc1. The van der Waals surface area contributed by atoms with Gasteiger partial charge in [0.1, 0.15) is 24.8 Å². The van der Waals surface area contributed by atoms with E-state index in [1.54, 1.807) is 12.1 Å². The summed E-state index contributed by atoms with van der Waals surface area (Å²) in [6.45, 7) is -0.508. The van der Waals surface area contributed by atoms with Crippen LogP contribution >= 0.6 is 0 Å². The molecular formula is C29H21F4N5O5. The fraction of sp³-hybridized carbons (Fsp3) is 0.172. The zero-order valence-electron chi connectivity index (χ0n) is 22.1. The third kappa shape index (κ3) is 5.34. The average molecular weight is 596 g/mol. The summed E-state index contributed by atoms with van der Waals surface area (Å²) in [6, 6.07) is 9.30. The van der Waals surface area contributed by atoms with Gasteiger partial charge >= 0.3 is 6.09 Å². The number of hydrogen-bond donors (Lipinski definition) is 1. The second-order valence-electron chi connectivity index (χ2n) is 9.53. The number of Topliss-reactive ketones (excluding diaryl/α,β-unsaturated/α-hetero) is 1. The van der Waals surface area contributed by atoms with E-state index in [9.17, 15) is 27.2 Å². The van der Waals surface area contributed by atoms with Crippen molar-refractivity contribution in [3.63, 3.8) is 0 Å². The molecule has 0 unspecified atom stereocenters. The quantitative estimate of drug-likeness (QED) is 0.203. The van der Waals surface area contributed by atoms with Crippen molar-refractivity contribution >= 4 is 29.5 Å². The molecule has 0 spiro atoms. The Labute approximate surface area is 240 Å². The van der Waals surface area contributed by atoms with Crippen molar-refractivity contribution in [2.24, 2.45) is 0 Å². The molecule has 1 fully saturated rings. The first kappa shape index (κ1) is 27.8. The molecule has 1 amide bonds. The van der Waals surface area contributed by atoms with Gasteiger partial charge in [-0.2, -0.15) is 5.10 Å². The predicted molar refractivity (Wildman–Crippen MR) is 145 cm³/mol. The Balaban J connectivity index is 1.22. The van der Waals surface area contributed by atoms with Crippen LogP contribution in [0, 0.1) is 11.6 Å². The molecule has 10 nitrogen and oxygen atoms in total. The van der Waals surface area contributed by atoms with Crippen LogP contribution in [0.4, 0.5) is 33.9 Å². The Morgan fingerprint density at radius 1 is 1.12 bits per heavy atom. The first-order chi connectivity index (χ1) is 20.7. The number of amides is 1. The summed E-state index contributed by atoms with van der Waals surface area (Å²) in [6.07, 6.45) is 1.03. The van der Waals surface area contributed by atoms with E-state index in [1.807, 2.05) is 0 Å². The first-order valence-corrected chi connectivity index (χ1v) is 12.9. The van der Waals surface area contributed by atoms with Crippen LogP contribution in [-0.2, 0) is 11.2 Å². The largest absolute Gasteiger partial charge is 0.485 e. The molecule has 1 aliphatic carbocycles. The number of benzene rings is 2. The van der Waals surface area contributed by atoms with Crippen molar-refractivity contribution in [2.75, 3.05) is 30.4 Å². The van der Waals surface area contributed by atoms with E-state index in [4.69, 9.17) is 19.9 Å². The molecule has 0 atom stereocenters. The summed E-state index contributed by atoms with van der Waals surface area (Å²) in [4.78, 5) is 31.0. The van der Waals surface area contributed by atoms with Crippen LogP contribution in [0.25, 0.3) is 11.8 Å². The van der Waals surface area contributed by atoms with Gasteiger partial charge in [-0.1, -0.05) is 6.07 Å². The minimum atomic E-state index is -2.73. The number of alkyl halides is 2. The van der Waals surface area contributed by atoms with Gasteiger partial charge in [0.15, 0.2) is 17.4 Å². The van der Waals surface area contributed by atoms with Crippen molar-refractivity contribution in [3.8, 4) is 23.1 Å². The number of allylic oxidation sites excluding steroid dienone is 1. The number of nitrogens with two attached hydrogens (primary N) is 1. The molecule has 0 radical (unpaired) electrons. The molecule has 220 valence electrons. The number of carbonyl (C=O) groups is 2. The van der Waals surface area contributed by atoms with E-state index in [2.05, 4.69) is 10.1 Å². The molecule has 1 aliphatic heterocycles. The van der Waals surface area contributed by atoms with Gasteiger partial charge in [-0.05, 0) is 47.5 Å². The number of nitrogen functional groups attached to an aromatic ring is 1. The summed E-state index contributed by atoms with van der Waals surface area (Å²) in [5.41, 5.74) is 8.60. The van der Waals surface area contributed by atoms with Crippen LogP contribution in [0.2, 0.25) is 0 Å². The lowest BCUT2D eigenvalue weighted by Gasteiger charge is -2.19. The van der Waals surface area contributed by atoms with Crippen molar-refractivity contribution in [2.45, 2.75) is 12.8 Å². The van der Waals surface area contributed by atoms with E-state index in [0.29, 0.717) is 22.4 Å². The van der Waals surface area contributed by atoms with E-state index in [-0.39, 0.29) is 48.3 Å². The highest BCUT2D eigenvalue weighted by atomic mass is 19.3. The molecule has 2 N–H and O–H groups in total. The number of aromatic nitrogens is 3. The zero-order valence-corrected chi connectivity index (χ0v) is 22.1. The number of fused-ring (bicyclic) bond motifs is 1. The number of ether oxygens (including phenoxy) is 3. The van der Waals surface area contributed by atoms with Crippen LogP contribution in [0.1, 0.15) is 21.5 Å². The maximum absolute atomic E-state index is 13.9. The molecular weight excluding hydrogens is 574 g/mol. The van der Waals surface area contributed by atoms with Gasteiger partial charge in [-0.3, -0.25) is 9.69 Å². The summed E-state index contributed by atoms with van der Waals surface area (Å²) >= 11 is 0. The van der Waals surface area contributed by atoms with Crippen LogP contribution in [0.15, 0.2) is 60.4 Å². The van der Waals surface area contributed by atoms with Crippen LogP contribution in [0.3, 0.4) is 0 Å². The third-order valence-corrected chi connectivity index (χ3v) is 6.78. The number of rotatable bonds is 9. The fourth-order valence-corrected chi connectivity index (χ4v) is 4.75. The van der Waals surface area contributed by atoms with Crippen LogP contribution in [0.5, 0.6) is 17.4 Å². The molecule has 1 saturated heterocycles. The second-order valence-corrected chi connectivity index (χ2v) is 9.53. The number of halogens is 4. The van der Waals surface area contributed by atoms with Crippen molar-refractivity contribution in [1.29, 1.82) is 0 Å². The topological polar surface area (TPSA) is 122 Å². The Morgan fingerprint density at radius 3 is 2.58 bits per heavy atom. The fourth-order valence-electron chi connectivity index (χ4n) is 4.75. The van der Waals surface area contributed by atoms with E-state index < -0.39 is 42.3 Å². The van der Waals surface area contributed by atoms with Gasteiger partial charge in [0, 0.05) is 18.1 Å². The molecule has 0 saturated carbocycles. The molecule has 4 aromatic rings. The number of nitrogens with zero attached hydrogens (tertiary/aromatic N) is 4. The normalized spacial score (nSPS) is 14.1. The van der Waals surface area contributed by atoms with E-state index in [1.165, 1.54) is 46.2 Å². The lowest BCUT2D eigenvalue weighted by molar-refractivity contribution is 0.0821. The molecule has 2 aliphatic rings. The molecule has 0 bridgehead atoms. The minimum absolute atomic E-state index is 0.0129. The van der Waals surface area contributed by atoms with Gasteiger partial charge < -0.3 is 19.9 Å². The number of ketones is 1. The Morgan fingerprint density at radius 2 is 1.91 bits per heavy atom. The molecule has 6 rings (SSSR count). The minimum Gasteiger partial charge on any atom is -0.485 e. The first-order valence-electron chi connectivity index (χ1n) is 12.9. The second kappa shape index (κ2) is 11.1. The molecule has 14 heteroatoms. The van der Waals surface area contributed by atoms with Crippen LogP contribution in [-0.4, -0.2) is 52.8 Å². The van der Waals surface area contributed by atoms with Crippen molar-refractivity contribution in [3.05, 3.63) is 88.8 Å². The molecule has 3 heterocycles.